The molecule has 0 unspecified atom stereocenters. The summed E-state index contributed by atoms with van der Waals surface area (Å²) in [6.45, 7) is 1.96. The molecule has 3 fully saturated rings. The van der Waals surface area contributed by atoms with Gasteiger partial charge in [-0.25, -0.2) is 0 Å². The molecule has 4 aliphatic carbocycles. The van der Waals surface area contributed by atoms with E-state index >= 15 is 0 Å². The Morgan fingerprint density at radius 3 is 2.46 bits per heavy atom. The Balaban J connectivity index is 1.81. The van der Waals surface area contributed by atoms with E-state index < -0.39 is 28.7 Å². The SMILES string of the molecule is C[C@]12CC[C@H]3[C@@H](CCC4=CC(=O)CC[C@@]43C(=O)C(F)(F)F)[C@@H]1CCC2=O. The molecule has 4 rings (SSSR count). The molecule has 26 heavy (non-hydrogen) atoms. The van der Waals surface area contributed by atoms with Gasteiger partial charge in [-0.05, 0) is 62.4 Å². The first kappa shape index (κ1) is 17.9. The van der Waals surface area contributed by atoms with E-state index in [1.165, 1.54) is 6.08 Å². The molecule has 0 aliphatic heterocycles. The lowest BCUT2D eigenvalue weighted by molar-refractivity contribution is -0.189. The van der Waals surface area contributed by atoms with Crippen LogP contribution in [-0.4, -0.2) is 23.5 Å². The van der Waals surface area contributed by atoms with E-state index in [1.807, 2.05) is 6.92 Å². The van der Waals surface area contributed by atoms with E-state index in [9.17, 15) is 27.6 Å². The highest BCUT2D eigenvalue weighted by Gasteiger charge is 2.66. The lowest BCUT2D eigenvalue weighted by atomic mass is 9.46. The Labute approximate surface area is 150 Å². The Morgan fingerprint density at radius 1 is 1.04 bits per heavy atom. The third kappa shape index (κ3) is 2.23. The average molecular weight is 368 g/mol. The maximum Gasteiger partial charge on any atom is 0.450 e. The van der Waals surface area contributed by atoms with Crippen LogP contribution >= 0.6 is 0 Å². The summed E-state index contributed by atoms with van der Waals surface area (Å²) in [7, 11) is 0. The molecule has 0 aromatic carbocycles. The summed E-state index contributed by atoms with van der Waals surface area (Å²) in [5.41, 5.74) is -1.64. The number of hydrogen-bond donors (Lipinski definition) is 0. The molecular weight excluding hydrogens is 345 g/mol. The predicted octanol–water partition coefficient (Wildman–Crippen LogP) is 4.20. The molecule has 142 valence electrons. The smallest absolute Gasteiger partial charge is 0.299 e. The van der Waals surface area contributed by atoms with Gasteiger partial charge in [-0.3, -0.25) is 14.4 Å². The zero-order valence-corrected chi connectivity index (χ0v) is 14.8. The molecule has 6 heteroatoms. The monoisotopic (exact) mass is 368 g/mol. The van der Waals surface area contributed by atoms with Crippen molar-refractivity contribution in [2.45, 2.75) is 64.5 Å². The number of alkyl halides is 3. The van der Waals surface area contributed by atoms with E-state index in [0.717, 1.165) is 0 Å². The van der Waals surface area contributed by atoms with Gasteiger partial charge in [0.2, 0.25) is 5.78 Å². The first-order chi connectivity index (χ1) is 12.1. The fraction of sp³-hybridized carbons (Fsp3) is 0.750. The Morgan fingerprint density at radius 2 is 1.77 bits per heavy atom. The van der Waals surface area contributed by atoms with Crippen LogP contribution in [0.4, 0.5) is 13.2 Å². The van der Waals surface area contributed by atoms with Gasteiger partial charge in [0, 0.05) is 18.3 Å². The summed E-state index contributed by atoms with van der Waals surface area (Å²) < 4.78 is 40.6. The molecular formula is C20H23F3O3. The van der Waals surface area contributed by atoms with E-state index in [0.29, 0.717) is 44.1 Å². The molecule has 0 amide bonds. The molecule has 3 saturated carbocycles. The van der Waals surface area contributed by atoms with Gasteiger partial charge in [0.1, 0.15) is 5.78 Å². The van der Waals surface area contributed by atoms with Crippen LogP contribution in [0.2, 0.25) is 0 Å². The number of hydrogen-bond acceptors (Lipinski definition) is 3. The third-order valence-corrected chi connectivity index (χ3v) is 7.86. The number of Topliss-reactive ketones (excluding diaryl/α,β-unsaturated/α-hetero) is 2. The lowest BCUT2D eigenvalue weighted by Gasteiger charge is -2.57. The summed E-state index contributed by atoms with van der Waals surface area (Å²) >= 11 is 0. The van der Waals surface area contributed by atoms with Crippen molar-refractivity contribution in [3.05, 3.63) is 11.6 Å². The number of rotatable bonds is 1. The van der Waals surface area contributed by atoms with E-state index in [4.69, 9.17) is 0 Å². The Hall–Kier alpha value is -1.46. The van der Waals surface area contributed by atoms with Gasteiger partial charge >= 0.3 is 6.18 Å². The van der Waals surface area contributed by atoms with Gasteiger partial charge < -0.3 is 0 Å². The second kappa shape index (κ2) is 5.52. The summed E-state index contributed by atoms with van der Waals surface area (Å²) in [5, 5.41) is 0. The highest BCUT2D eigenvalue weighted by Crippen LogP contribution is 2.65. The van der Waals surface area contributed by atoms with Crippen LogP contribution in [0.25, 0.3) is 0 Å². The van der Waals surface area contributed by atoms with Crippen molar-refractivity contribution < 1.29 is 27.6 Å². The minimum Gasteiger partial charge on any atom is -0.299 e. The first-order valence-electron chi connectivity index (χ1n) is 9.49. The minimum absolute atomic E-state index is 0.00456. The van der Waals surface area contributed by atoms with Crippen molar-refractivity contribution in [3.8, 4) is 0 Å². The van der Waals surface area contributed by atoms with Crippen LogP contribution in [0.5, 0.6) is 0 Å². The molecule has 0 aromatic rings. The van der Waals surface area contributed by atoms with Gasteiger partial charge in [0.25, 0.3) is 0 Å². The van der Waals surface area contributed by atoms with Crippen LogP contribution in [-0.2, 0) is 14.4 Å². The largest absolute Gasteiger partial charge is 0.450 e. The second-order valence-corrected chi connectivity index (χ2v) is 8.77. The molecule has 3 nitrogen and oxygen atoms in total. The highest BCUT2D eigenvalue weighted by molar-refractivity contribution is 5.99. The normalized spacial score (nSPS) is 42.6. The summed E-state index contributed by atoms with van der Waals surface area (Å²) in [4.78, 5) is 36.9. The molecule has 0 radical (unpaired) electrons. The van der Waals surface area contributed by atoms with Gasteiger partial charge in [0.15, 0.2) is 5.78 Å². The number of halogens is 3. The molecule has 0 heterocycles. The fourth-order valence-corrected chi connectivity index (χ4v) is 6.67. The topological polar surface area (TPSA) is 51.2 Å². The Bertz CT molecular complexity index is 722. The quantitative estimate of drug-likeness (QED) is 0.697. The van der Waals surface area contributed by atoms with Gasteiger partial charge in [0.05, 0.1) is 5.41 Å². The van der Waals surface area contributed by atoms with Crippen molar-refractivity contribution in [2.75, 3.05) is 0 Å². The zero-order chi connectivity index (χ0) is 18.9. The first-order valence-corrected chi connectivity index (χ1v) is 9.49. The van der Waals surface area contributed by atoms with E-state index in [2.05, 4.69) is 0 Å². The minimum atomic E-state index is -4.91. The van der Waals surface area contributed by atoms with Crippen LogP contribution in [0.3, 0.4) is 0 Å². The molecule has 5 atom stereocenters. The highest BCUT2D eigenvalue weighted by atomic mass is 19.4. The van der Waals surface area contributed by atoms with E-state index in [1.54, 1.807) is 0 Å². The second-order valence-electron chi connectivity index (χ2n) is 8.77. The molecule has 0 N–H and O–H groups in total. The third-order valence-electron chi connectivity index (χ3n) is 7.86. The van der Waals surface area contributed by atoms with Gasteiger partial charge in [-0.1, -0.05) is 12.5 Å². The van der Waals surface area contributed by atoms with Gasteiger partial charge in [-0.2, -0.15) is 13.2 Å². The van der Waals surface area contributed by atoms with Crippen molar-refractivity contribution in [2.24, 2.45) is 28.6 Å². The molecule has 4 aliphatic rings. The molecule has 0 spiro atoms. The summed E-state index contributed by atoms with van der Waals surface area (Å²) in [6.07, 6.45) is -0.396. The zero-order valence-electron chi connectivity index (χ0n) is 14.8. The Kier molecular flexibility index (Phi) is 3.81. The average Bonchev–Trinajstić information content (AvgIpc) is 2.88. The fourth-order valence-electron chi connectivity index (χ4n) is 6.67. The maximum atomic E-state index is 13.5. The molecule has 0 bridgehead atoms. The van der Waals surface area contributed by atoms with Gasteiger partial charge in [-0.15, -0.1) is 0 Å². The van der Waals surface area contributed by atoms with Crippen LogP contribution in [0.15, 0.2) is 11.6 Å². The van der Waals surface area contributed by atoms with Crippen LogP contribution in [0, 0.1) is 28.6 Å². The van der Waals surface area contributed by atoms with Crippen molar-refractivity contribution in [3.63, 3.8) is 0 Å². The molecule has 0 saturated heterocycles. The van der Waals surface area contributed by atoms with Crippen molar-refractivity contribution in [1.29, 1.82) is 0 Å². The number of carbonyl (C=O) groups is 3. The number of allylic oxidation sites excluding steroid dienone is 1. The number of fused-ring (bicyclic) bond motifs is 5. The number of ketones is 3. The summed E-state index contributed by atoms with van der Waals surface area (Å²) in [5.74, 6) is -2.03. The maximum absolute atomic E-state index is 13.5. The van der Waals surface area contributed by atoms with Crippen LogP contribution < -0.4 is 0 Å². The van der Waals surface area contributed by atoms with Crippen molar-refractivity contribution in [1.82, 2.24) is 0 Å². The lowest BCUT2D eigenvalue weighted by Crippen LogP contribution is -2.57. The van der Waals surface area contributed by atoms with E-state index in [-0.39, 0.29) is 36.2 Å². The number of carbonyl (C=O) groups excluding carboxylic acids is 3. The summed E-state index contributed by atoms with van der Waals surface area (Å²) in [6, 6.07) is 0. The van der Waals surface area contributed by atoms with Crippen LogP contribution in [0.1, 0.15) is 58.3 Å². The standard InChI is InChI=1S/C20H23F3O3/c1-18-8-7-15-13(14(18)4-5-16(18)25)3-2-11-10-12(24)6-9-19(11,15)17(26)20(21,22)23/h10,13-15H,2-9H2,1H3/t13-,14-,15-,18-,19+/m0/s1. The van der Waals surface area contributed by atoms with Crippen molar-refractivity contribution >= 4 is 17.3 Å². The predicted molar refractivity (Wildman–Crippen MR) is 87.1 cm³/mol. The molecule has 0 aromatic heterocycles.